The van der Waals surface area contributed by atoms with Gasteiger partial charge in [-0.2, -0.15) is 11.8 Å². The summed E-state index contributed by atoms with van der Waals surface area (Å²) in [5.74, 6) is 8.77. The minimum Gasteiger partial charge on any atom is -0.493 e. The Morgan fingerprint density at radius 2 is 2.33 bits per heavy atom. The van der Waals surface area contributed by atoms with Crippen molar-refractivity contribution in [2.45, 2.75) is 18.6 Å². The molecule has 2 aliphatic rings. The van der Waals surface area contributed by atoms with Crippen LogP contribution in [0.15, 0.2) is 18.2 Å². The van der Waals surface area contributed by atoms with Gasteiger partial charge in [0.2, 0.25) is 0 Å². The lowest BCUT2D eigenvalue weighted by Gasteiger charge is -2.30. The van der Waals surface area contributed by atoms with Crippen LogP contribution < -0.4 is 16.0 Å². The lowest BCUT2D eigenvalue weighted by molar-refractivity contribution is 0.0461. The molecule has 2 unspecified atom stereocenters. The Hall–Kier alpha value is -0.750. The molecule has 0 aliphatic carbocycles. The quantitative estimate of drug-likeness (QED) is 0.637. The van der Waals surface area contributed by atoms with Crippen LogP contribution in [0.1, 0.15) is 17.2 Å². The summed E-state index contributed by atoms with van der Waals surface area (Å²) in [6.45, 7) is 1.56. The number of hydrogen-bond acceptors (Lipinski definition) is 5. The number of rotatable bonds is 3. The molecular weight excluding hydrogens is 248 g/mol. The molecule has 18 heavy (non-hydrogen) atoms. The van der Waals surface area contributed by atoms with E-state index in [1.165, 1.54) is 5.56 Å². The van der Waals surface area contributed by atoms with E-state index in [-0.39, 0.29) is 12.1 Å². The van der Waals surface area contributed by atoms with Crippen molar-refractivity contribution in [3.8, 4) is 5.75 Å². The van der Waals surface area contributed by atoms with Crippen LogP contribution in [0.4, 0.5) is 0 Å². The number of thioether (sulfide) groups is 1. The van der Waals surface area contributed by atoms with Crippen LogP contribution in [0.5, 0.6) is 5.75 Å². The van der Waals surface area contributed by atoms with E-state index in [0.717, 1.165) is 42.5 Å². The summed E-state index contributed by atoms with van der Waals surface area (Å²) in [6, 6.07) is 6.28. The zero-order chi connectivity index (χ0) is 12.4. The number of hydrazine groups is 1. The van der Waals surface area contributed by atoms with Crippen LogP contribution in [0.25, 0.3) is 0 Å². The second-order valence-electron chi connectivity index (χ2n) is 4.56. The van der Waals surface area contributed by atoms with Crippen molar-refractivity contribution >= 4 is 11.8 Å². The van der Waals surface area contributed by atoms with Gasteiger partial charge in [0, 0.05) is 23.5 Å². The van der Waals surface area contributed by atoms with Crippen LogP contribution in [-0.2, 0) is 11.2 Å². The first-order valence-electron chi connectivity index (χ1n) is 6.30. The first-order valence-corrected chi connectivity index (χ1v) is 7.45. The van der Waals surface area contributed by atoms with Gasteiger partial charge in [-0.1, -0.05) is 18.2 Å². The van der Waals surface area contributed by atoms with Crippen LogP contribution in [-0.4, -0.2) is 30.8 Å². The van der Waals surface area contributed by atoms with Gasteiger partial charge in [0.05, 0.1) is 25.4 Å². The molecule has 0 bridgehead atoms. The molecule has 2 atom stereocenters. The van der Waals surface area contributed by atoms with Crippen molar-refractivity contribution in [1.82, 2.24) is 5.43 Å². The topological polar surface area (TPSA) is 56.5 Å². The molecule has 3 rings (SSSR count). The summed E-state index contributed by atoms with van der Waals surface area (Å²) in [6.07, 6.45) is 1.10. The van der Waals surface area contributed by atoms with Crippen LogP contribution >= 0.6 is 11.8 Å². The van der Waals surface area contributed by atoms with Crippen LogP contribution in [0.2, 0.25) is 0 Å². The predicted octanol–water partition coefficient (Wildman–Crippen LogP) is 1.26. The van der Waals surface area contributed by atoms with Gasteiger partial charge in [-0.25, -0.2) is 0 Å². The van der Waals surface area contributed by atoms with E-state index in [4.69, 9.17) is 15.3 Å². The fourth-order valence-electron chi connectivity index (χ4n) is 2.58. The van der Waals surface area contributed by atoms with Crippen molar-refractivity contribution in [3.63, 3.8) is 0 Å². The summed E-state index contributed by atoms with van der Waals surface area (Å²) in [5.41, 5.74) is 5.30. The van der Waals surface area contributed by atoms with E-state index >= 15 is 0 Å². The van der Waals surface area contributed by atoms with E-state index in [2.05, 4.69) is 23.6 Å². The zero-order valence-corrected chi connectivity index (χ0v) is 11.0. The molecule has 1 fully saturated rings. The summed E-state index contributed by atoms with van der Waals surface area (Å²) in [5, 5.41) is 0. The van der Waals surface area contributed by atoms with Gasteiger partial charge in [0.1, 0.15) is 5.75 Å². The Morgan fingerprint density at radius 1 is 1.39 bits per heavy atom. The summed E-state index contributed by atoms with van der Waals surface area (Å²) in [4.78, 5) is 0. The molecular formula is C13H18N2O2S. The third-order valence-corrected chi connectivity index (χ3v) is 4.49. The minimum absolute atomic E-state index is 0.00542. The normalized spacial score (nSPS) is 24.4. The number of nitrogens with two attached hydrogens (primary N) is 1. The summed E-state index contributed by atoms with van der Waals surface area (Å²) in [7, 11) is 0. The molecule has 4 nitrogen and oxygen atoms in total. The van der Waals surface area contributed by atoms with E-state index in [1.54, 1.807) is 0 Å². The van der Waals surface area contributed by atoms with Crippen molar-refractivity contribution in [2.75, 3.05) is 24.7 Å². The minimum atomic E-state index is 0.00542. The molecule has 2 aliphatic heterocycles. The molecule has 0 spiro atoms. The molecule has 0 radical (unpaired) electrons. The van der Waals surface area contributed by atoms with Gasteiger partial charge in [0.25, 0.3) is 0 Å². The Balaban J connectivity index is 1.89. The highest BCUT2D eigenvalue weighted by atomic mass is 32.2. The number of benzene rings is 1. The van der Waals surface area contributed by atoms with Crippen LogP contribution in [0, 0.1) is 0 Å². The Bertz CT molecular complexity index is 421. The average Bonchev–Trinajstić information content (AvgIpc) is 2.90. The standard InChI is InChI=1S/C13H18N2O2S/c14-15-12(11-8-18-7-6-16-11)10-3-1-2-9-4-5-17-13(9)10/h1-3,11-12,15H,4-8,14H2. The zero-order valence-electron chi connectivity index (χ0n) is 10.2. The Labute approximate surface area is 111 Å². The molecule has 0 aromatic heterocycles. The second-order valence-corrected chi connectivity index (χ2v) is 5.71. The van der Waals surface area contributed by atoms with Gasteiger partial charge in [-0.15, -0.1) is 0 Å². The maximum Gasteiger partial charge on any atom is 0.127 e. The number of para-hydroxylation sites is 1. The predicted molar refractivity (Wildman–Crippen MR) is 72.8 cm³/mol. The van der Waals surface area contributed by atoms with Gasteiger partial charge >= 0.3 is 0 Å². The third kappa shape index (κ3) is 2.23. The van der Waals surface area contributed by atoms with E-state index in [1.807, 2.05) is 11.8 Å². The summed E-state index contributed by atoms with van der Waals surface area (Å²) < 4.78 is 11.6. The molecule has 0 amide bonds. The summed E-state index contributed by atoms with van der Waals surface area (Å²) >= 11 is 1.91. The SMILES string of the molecule is NNC(c1cccc2c1OCC2)C1CSCCO1. The molecule has 1 aromatic carbocycles. The van der Waals surface area contributed by atoms with Gasteiger partial charge in [0.15, 0.2) is 0 Å². The van der Waals surface area contributed by atoms with Gasteiger partial charge < -0.3 is 9.47 Å². The lowest BCUT2D eigenvalue weighted by atomic mass is 9.98. The lowest BCUT2D eigenvalue weighted by Crippen LogP contribution is -2.41. The number of fused-ring (bicyclic) bond motifs is 1. The largest absolute Gasteiger partial charge is 0.493 e. The number of nitrogens with one attached hydrogen (secondary N) is 1. The fourth-order valence-corrected chi connectivity index (χ4v) is 3.48. The smallest absolute Gasteiger partial charge is 0.127 e. The van der Waals surface area contributed by atoms with E-state index in [9.17, 15) is 0 Å². The molecule has 2 heterocycles. The molecule has 1 aromatic rings. The third-order valence-electron chi connectivity index (χ3n) is 3.47. The maximum atomic E-state index is 5.83. The van der Waals surface area contributed by atoms with Crippen molar-refractivity contribution in [1.29, 1.82) is 0 Å². The molecule has 3 N–H and O–H groups in total. The Morgan fingerprint density at radius 3 is 3.11 bits per heavy atom. The maximum absolute atomic E-state index is 5.83. The van der Waals surface area contributed by atoms with Crippen molar-refractivity contribution in [3.05, 3.63) is 29.3 Å². The Kier molecular flexibility index (Phi) is 3.75. The molecule has 1 saturated heterocycles. The fraction of sp³-hybridized carbons (Fsp3) is 0.538. The van der Waals surface area contributed by atoms with Crippen LogP contribution in [0.3, 0.4) is 0 Å². The van der Waals surface area contributed by atoms with Gasteiger partial charge in [-0.3, -0.25) is 11.3 Å². The monoisotopic (exact) mass is 266 g/mol. The highest BCUT2D eigenvalue weighted by molar-refractivity contribution is 7.99. The first-order chi connectivity index (χ1) is 8.90. The molecule has 98 valence electrons. The first kappa shape index (κ1) is 12.3. The average molecular weight is 266 g/mol. The van der Waals surface area contributed by atoms with Crippen molar-refractivity contribution < 1.29 is 9.47 Å². The van der Waals surface area contributed by atoms with Gasteiger partial charge in [-0.05, 0) is 5.56 Å². The van der Waals surface area contributed by atoms with E-state index < -0.39 is 0 Å². The molecule has 0 saturated carbocycles. The highest BCUT2D eigenvalue weighted by Crippen LogP contribution is 2.36. The number of hydrogen-bond donors (Lipinski definition) is 2. The number of ether oxygens (including phenoxy) is 2. The van der Waals surface area contributed by atoms with Crippen molar-refractivity contribution in [2.24, 2.45) is 5.84 Å². The second kappa shape index (κ2) is 5.48. The highest BCUT2D eigenvalue weighted by Gasteiger charge is 2.29. The van der Waals surface area contributed by atoms with E-state index in [0.29, 0.717) is 0 Å². The molecule has 5 heteroatoms.